The first-order valence-electron chi connectivity index (χ1n) is 5.44. The smallest absolute Gasteiger partial charge is 0.339 e. The van der Waals surface area contributed by atoms with E-state index in [0.29, 0.717) is 0 Å². The van der Waals surface area contributed by atoms with Gasteiger partial charge in [-0.3, -0.25) is 10.1 Å². The van der Waals surface area contributed by atoms with Crippen LogP contribution in [0.1, 0.15) is 31.1 Å². The number of non-ortho nitro benzene ring substituents is 1. The van der Waals surface area contributed by atoms with Crippen molar-refractivity contribution in [2.75, 3.05) is 21.3 Å². The van der Waals surface area contributed by atoms with Crippen molar-refractivity contribution in [1.29, 1.82) is 0 Å². The highest BCUT2D eigenvalue weighted by Crippen LogP contribution is 2.25. The zero-order valence-corrected chi connectivity index (χ0v) is 11.4. The number of ether oxygens (including phenoxy) is 3. The molecular weight excluding hydrogens is 286 g/mol. The molecule has 0 radical (unpaired) electrons. The highest BCUT2D eigenvalue weighted by Gasteiger charge is 2.30. The average Bonchev–Trinajstić information content (AvgIpc) is 2.50. The molecule has 0 N–H and O–H groups in total. The summed E-state index contributed by atoms with van der Waals surface area (Å²) in [5.41, 5.74) is -1.94. The quantitative estimate of drug-likeness (QED) is 0.348. The van der Waals surface area contributed by atoms with Gasteiger partial charge in [0.05, 0.1) is 42.9 Å². The van der Waals surface area contributed by atoms with Gasteiger partial charge in [0.1, 0.15) is 0 Å². The van der Waals surface area contributed by atoms with Crippen molar-refractivity contribution in [3.05, 3.63) is 38.9 Å². The van der Waals surface area contributed by atoms with E-state index >= 15 is 0 Å². The van der Waals surface area contributed by atoms with Gasteiger partial charge in [-0.25, -0.2) is 14.4 Å². The van der Waals surface area contributed by atoms with Gasteiger partial charge in [-0.2, -0.15) is 0 Å². The zero-order valence-electron chi connectivity index (χ0n) is 11.4. The summed E-state index contributed by atoms with van der Waals surface area (Å²) in [7, 11) is 3.09. The number of esters is 3. The minimum Gasteiger partial charge on any atom is -0.465 e. The summed E-state index contributed by atoms with van der Waals surface area (Å²) < 4.78 is 13.4. The maximum Gasteiger partial charge on any atom is 0.339 e. The normalized spacial score (nSPS) is 9.67. The molecule has 0 aliphatic carbocycles. The molecule has 1 aromatic rings. The highest BCUT2D eigenvalue weighted by molar-refractivity contribution is 6.11. The predicted octanol–water partition coefficient (Wildman–Crippen LogP) is 0.955. The lowest BCUT2D eigenvalue weighted by atomic mass is 9.99. The lowest BCUT2D eigenvalue weighted by molar-refractivity contribution is -0.384. The molecular formula is C12H11NO8. The van der Waals surface area contributed by atoms with Gasteiger partial charge in [-0.05, 0) is 0 Å². The predicted molar refractivity (Wildman–Crippen MR) is 67.1 cm³/mol. The SMILES string of the molecule is COC(=O)c1cc([N+](=O)[O-])cc(C(=O)OC)c1C(=O)OC. The summed E-state index contributed by atoms with van der Waals surface area (Å²) in [5, 5.41) is 10.9. The van der Waals surface area contributed by atoms with Gasteiger partial charge >= 0.3 is 17.9 Å². The van der Waals surface area contributed by atoms with Crippen LogP contribution >= 0.6 is 0 Å². The van der Waals surface area contributed by atoms with Crippen LogP contribution in [0.4, 0.5) is 5.69 Å². The third-order valence-corrected chi connectivity index (χ3v) is 2.53. The second kappa shape index (κ2) is 6.46. The van der Waals surface area contributed by atoms with Crippen molar-refractivity contribution in [3.63, 3.8) is 0 Å². The van der Waals surface area contributed by atoms with E-state index in [4.69, 9.17) is 0 Å². The minimum atomic E-state index is -1.02. The third kappa shape index (κ3) is 3.14. The largest absolute Gasteiger partial charge is 0.465 e. The zero-order chi connectivity index (χ0) is 16.2. The van der Waals surface area contributed by atoms with Crippen LogP contribution in [-0.4, -0.2) is 44.2 Å². The Kier molecular flexibility index (Phi) is 4.95. The molecule has 0 spiro atoms. The number of hydrogen-bond donors (Lipinski definition) is 0. The molecule has 0 aliphatic heterocycles. The third-order valence-electron chi connectivity index (χ3n) is 2.53. The van der Waals surface area contributed by atoms with Crippen LogP contribution in [0, 0.1) is 10.1 Å². The topological polar surface area (TPSA) is 122 Å². The van der Waals surface area contributed by atoms with Crippen LogP contribution in [0.2, 0.25) is 0 Å². The molecule has 0 fully saturated rings. The van der Waals surface area contributed by atoms with Gasteiger partial charge < -0.3 is 14.2 Å². The fourth-order valence-corrected chi connectivity index (χ4v) is 1.60. The van der Waals surface area contributed by atoms with Crippen LogP contribution in [-0.2, 0) is 14.2 Å². The molecule has 9 heteroatoms. The first-order chi connectivity index (χ1) is 9.87. The lowest BCUT2D eigenvalue weighted by Gasteiger charge is -2.10. The summed E-state index contributed by atoms with van der Waals surface area (Å²) >= 11 is 0. The van der Waals surface area contributed by atoms with E-state index < -0.39 is 45.2 Å². The second-order valence-corrected chi connectivity index (χ2v) is 3.65. The van der Waals surface area contributed by atoms with Crippen molar-refractivity contribution in [2.45, 2.75) is 0 Å². The Labute approximate surface area is 118 Å². The number of benzene rings is 1. The van der Waals surface area contributed by atoms with Gasteiger partial charge in [0, 0.05) is 12.1 Å². The van der Waals surface area contributed by atoms with Crippen LogP contribution in [0.25, 0.3) is 0 Å². The first-order valence-corrected chi connectivity index (χ1v) is 5.44. The summed E-state index contributed by atoms with van der Waals surface area (Å²) in [6.45, 7) is 0. The van der Waals surface area contributed by atoms with Crippen LogP contribution < -0.4 is 0 Å². The maximum atomic E-state index is 11.8. The molecule has 112 valence electrons. The molecule has 0 aliphatic rings. The minimum absolute atomic E-state index is 0.457. The molecule has 1 aromatic carbocycles. The van der Waals surface area contributed by atoms with Crippen LogP contribution in [0.3, 0.4) is 0 Å². The van der Waals surface area contributed by atoms with Gasteiger partial charge in [0.2, 0.25) is 0 Å². The Hall–Kier alpha value is -2.97. The molecule has 0 amide bonds. The van der Waals surface area contributed by atoms with Gasteiger partial charge in [0.25, 0.3) is 5.69 Å². The summed E-state index contributed by atoms with van der Waals surface area (Å²) in [6.07, 6.45) is 0. The molecule has 0 aromatic heterocycles. The van der Waals surface area contributed by atoms with E-state index in [-0.39, 0.29) is 0 Å². The molecule has 0 bridgehead atoms. The van der Waals surface area contributed by atoms with E-state index in [0.717, 1.165) is 33.5 Å². The molecule has 0 heterocycles. The molecule has 0 unspecified atom stereocenters. The number of carbonyl (C=O) groups excluding carboxylic acids is 3. The number of methoxy groups -OCH3 is 3. The van der Waals surface area contributed by atoms with Crippen molar-refractivity contribution in [3.8, 4) is 0 Å². The number of nitro benzene ring substituents is 1. The van der Waals surface area contributed by atoms with Gasteiger partial charge in [-0.1, -0.05) is 0 Å². The number of nitro groups is 1. The number of nitrogens with zero attached hydrogens (tertiary/aromatic N) is 1. The monoisotopic (exact) mass is 297 g/mol. The second-order valence-electron chi connectivity index (χ2n) is 3.65. The highest BCUT2D eigenvalue weighted by atomic mass is 16.6. The molecule has 9 nitrogen and oxygen atoms in total. The van der Waals surface area contributed by atoms with Crippen LogP contribution in [0.5, 0.6) is 0 Å². The van der Waals surface area contributed by atoms with E-state index in [1.165, 1.54) is 0 Å². The van der Waals surface area contributed by atoms with Gasteiger partial charge in [-0.15, -0.1) is 0 Å². The van der Waals surface area contributed by atoms with Crippen molar-refractivity contribution >= 4 is 23.6 Å². The molecule has 0 saturated heterocycles. The van der Waals surface area contributed by atoms with Gasteiger partial charge in [0.15, 0.2) is 0 Å². The standard InChI is InChI=1S/C12H11NO8/c1-19-10(14)7-4-6(13(17)18)5-8(11(15)20-2)9(7)12(16)21-3/h4-5H,1-3H3. The fourth-order valence-electron chi connectivity index (χ4n) is 1.60. The van der Waals surface area contributed by atoms with E-state index in [1.54, 1.807) is 0 Å². The van der Waals surface area contributed by atoms with Crippen molar-refractivity contribution in [2.24, 2.45) is 0 Å². The van der Waals surface area contributed by atoms with E-state index in [1.807, 2.05) is 0 Å². The first kappa shape index (κ1) is 16.1. The molecule has 0 saturated carbocycles. The van der Waals surface area contributed by atoms with Crippen molar-refractivity contribution < 1.29 is 33.5 Å². The number of hydrogen-bond acceptors (Lipinski definition) is 8. The Morgan fingerprint density at radius 3 is 1.57 bits per heavy atom. The number of carbonyl (C=O) groups is 3. The number of rotatable bonds is 4. The van der Waals surface area contributed by atoms with Crippen LogP contribution in [0.15, 0.2) is 12.1 Å². The summed E-state index contributed by atoms with van der Waals surface area (Å²) in [4.78, 5) is 45.2. The Bertz CT molecular complexity index is 585. The Balaban J connectivity index is 3.76. The maximum absolute atomic E-state index is 11.8. The fraction of sp³-hybridized carbons (Fsp3) is 0.250. The Morgan fingerprint density at radius 1 is 0.905 bits per heavy atom. The van der Waals surface area contributed by atoms with E-state index in [2.05, 4.69) is 14.2 Å². The molecule has 21 heavy (non-hydrogen) atoms. The average molecular weight is 297 g/mol. The summed E-state index contributed by atoms with van der Waals surface area (Å²) in [5.74, 6) is -3.07. The lowest BCUT2D eigenvalue weighted by Crippen LogP contribution is -2.18. The van der Waals surface area contributed by atoms with E-state index in [9.17, 15) is 24.5 Å². The molecule has 0 atom stereocenters. The Morgan fingerprint density at radius 2 is 1.29 bits per heavy atom. The molecule has 1 rings (SSSR count). The summed E-state index contributed by atoms with van der Waals surface area (Å²) in [6, 6.07) is 1.65. The van der Waals surface area contributed by atoms with Crippen molar-refractivity contribution in [1.82, 2.24) is 0 Å².